The maximum atomic E-state index is 12.0. The third kappa shape index (κ3) is 4.37. The maximum Gasteiger partial charge on any atom is 0.234 e. The molecule has 112 valence electrons. The molecule has 0 unspecified atom stereocenters. The van der Waals surface area contributed by atoms with Gasteiger partial charge in [-0.1, -0.05) is 24.3 Å². The van der Waals surface area contributed by atoms with E-state index < -0.39 is 0 Å². The van der Waals surface area contributed by atoms with Gasteiger partial charge in [-0.05, 0) is 48.7 Å². The van der Waals surface area contributed by atoms with E-state index >= 15 is 0 Å². The van der Waals surface area contributed by atoms with Crippen molar-refractivity contribution in [2.45, 2.75) is 19.6 Å². The Labute approximate surface area is 135 Å². The minimum absolute atomic E-state index is 0.00680. The lowest BCUT2D eigenvalue weighted by Crippen LogP contribution is -2.15. The van der Waals surface area contributed by atoms with Gasteiger partial charge in [0.25, 0.3) is 0 Å². The van der Waals surface area contributed by atoms with Gasteiger partial charge in [0.05, 0.1) is 17.4 Å². The average Bonchev–Trinajstić information content (AvgIpc) is 2.52. The Balaban J connectivity index is 1.82. The fraction of sp³-hybridized carbons (Fsp3) is 0.222. The van der Waals surface area contributed by atoms with Crippen molar-refractivity contribution in [3.63, 3.8) is 0 Å². The first-order valence-corrected chi connectivity index (χ1v) is 8.18. The summed E-state index contributed by atoms with van der Waals surface area (Å²) in [6, 6.07) is 15.4. The summed E-state index contributed by atoms with van der Waals surface area (Å²) < 4.78 is 0. The summed E-state index contributed by atoms with van der Waals surface area (Å²) in [6.07, 6.45) is 0. The van der Waals surface area contributed by atoms with Gasteiger partial charge in [0.2, 0.25) is 5.91 Å². The van der Waals surface area contributed by atoms with Crippen molar-refractivity contribution >= 4 is 23.4 Å². The lowest BCUT2D eigenvalue weighted by atomic mass is 10.1. The lowest BCUT2D eigenvalue weighted by Gasteiger charge is -2.10. The van der Waals surface area contributed by atoms with E-state index in [2.05, 4.69) is 11.4 Å². The fourth-order valence-corrected chi connectivity index (χ4v) is 2.80. The number of hydrogen-bond donors (Lipinski definition) is 1. The minimum atomic E-state index is 0.00680. The number of benzene rings is 2. The first-order chi connectivity index (χ1) is 10.6. The number of carbonyl (C=O) groups is 1. The number of nitriles is 1. The summed E-state index contributed by atoms with van der Waals surface area (Å²) in [5, 5.41) is 11.7. The maximum absolute atomic E-state index is 12.0. The standard InChI is InChI=1S/C18H18N2OS/c1-13-4-3-5-17(14(13)2)20-18(21)12-22-11-16-8-6-15(10-19)7-9-16/h3-9H,11-12H2,1-2H3,(H,20,21). The number of rotatable bonds is 5. The van der Waals surface area contributed by atoms with Crippen LogP contribution in [0.3, 0.4) is 0 Å². The van der Waals surface area contributed by atoms with E-state index in [0.29, 0.717) is 11.3 Å². The molecule has 0 aliphatic rings. The number of anilines is 1. The van der Waals surface area contributed by atoms with E-state index in [1.165, 1.54) is 5.56 Å². The van der Waals surface area contributed by atoms with Crippen molar-refractivity contribution in [2.75, 3.05) is 11.1 Å². The topological polar surface area (TPSA) is 52.9 Å². The largest absolute Gasteiger partial charge is 0.325 e. The number of thioether (sulfide) groups is 1. The number of carbonyl (C=O) groups excluding carboxylic acids is 1. The van der Waals surface area contributed by atoms with Crippen molar-refractivity contribution in [2.24, 2.45) is 0 Å². The number of nitrogens with zero attached hydrogens (tertiary/aromatic N) is 1. The zero-order valence-electron chi connectivity index (χ0n) is 12.7. The van der Waals surface area contributed by atoms with Crippen LogP contribution in [0.15, 0.2) is 42.5 Å². The molecule has 2 rings (SSSR count). The van der Waals surface area contributed by atoms with Gasteiger partial charge in [0.15, 0.2) is 0 Å². The number of aryl methyl sites for hydroxylation is 1. The molecule has 0 fully saturated rings. The normalized spacial score (nSPS) is 10.0. The molecule has 0 aromatic heterocycles. The van der Waals surface area contributed by atoms with Crippen LogP contribution in [0.4, 0.5) is 5.69 Å². The zero-order valence-corrected chi connectivity index (χ0v) is 13.5. The molecular weight excluding hydrogens is 292 g/mol. The van der Waals surface area contributed by atoms with Gasteiger partial charge in [-0.25, -0.2) is 0 Å². The smallest absolute Gasteiger partial charge is 0.234 e. The Morgan fingerprint density at radius 1 is 1.18 bits per heavy atom. The second kappa shape index (κ2) is 7.67. The van der Waals surface area contributed by atoms with Gasteiger partial charge in [-0.15, -0.1) is 11.8 Å². The molecule has 0 atom stereocenters. The van der Waals surface area contributed by atoms with Gasteiger partial charge in [0, 0.05) is 11.4 Å². The van der Waals surface area contributed by atoms with Crippen molar-refractivity contribution in [1.82, 2.24) is 0 Å². The minimum Gasteiger partial charge on any atom is -0.325 e. The average molecular weight is 310 g/mol. The summed E-state index contributed by atoms with van der Waals surface area (Å²) in [7, 11) is 0. The Bertz CT molecular complexity index is 702. The quantitative estimate of drug-likeness (QED) is 0.906. The predicted molar refractivity (Wildman–Crippen MR) is 91.9 cm³/mol. The molecule has 0 radical (unpaired) electrons. The lowest BCUT2D eigenvalue weighted by molar-refractivity contribution is -0.113. The molecule has 3 nitrogen and oxygen atoms in total. The second-order valence-corrected chi connectivity index (χ2v) is 6.08. The molecular formula is C18H18N2OS. The second-order valence-electron chi connectivity index (χ2n) is 5.10. The monoisotopic (exact) mass is 310 g/mol. The van der Waals surface area contributed by atoms with Gasteiger partial charge >= 0.3 is 0 Å². The van der Waals surface area contributed by atoms with E-state index in [1.807, 2.05) is 44.2 Å². The molecule has 4 heteroatoms. The summed E-state index contributed by atoms with van der Waals surface area (Å²) >= 11 is 1.56. The summed E-state index contributed by atoms with van der Waals surface area (Å²) in [5.74, 6) is 1.17. The molecule has 2 aromatic rings. The summed E-state index contributed by atoms with van der Waals surface area (Å²) in [6.45, 7) is 4.04. The molecule has 0 aliphatic heterocycles. The molecule has 0 bridgehead atoms. The van der Waals surface area contributed by atoms with Crippen molar-refractivity contribution in [3.05, 3.63) is 64.7 Å². The Morgan fingerprint density at radius 2 is 1.91 bits per heavy atom. The van der Waals surface area contributed by atoms with Crippen LogP contribution in [0.2, 0.25) is 0 Å². The molecule has 1 amide bonds. The third-order valence-corrected chi connectivity index (χ3v) is 4.47. The fourth-order valence-electron chi connectivity index (χ4n) is 2.01. The first kappa shape index (κ1) is 16.1. The van der Waals surface area contributed by atoms with E-state index in [9.17, 15) is 4.79 Å². The van der Waals surface area contributed by atoms with Crippen LogP contribution in [0.5, 0.6) is 0 Å². The highest BCUT2D eigenvalue weighted by Gasteiger charge is 2.06. The molecule has 0 aliphatic carbocycles. The third-order valence-electron chi connectivity index (χ3n) is 3.46. The van der Waals surface area contributed by atoms with Gasteiger partial charge in [-0.2, -0.15) is 5.26 Å². The highest BCUT2D eigenvalue weighted by molar-refractivity contribution is 7.99. The van der Waals surface area contributed by atoms with Crippen LogP contribution >= 0.6 is 11.8 Å². The molecule has 1 N–H and O–H groups in total. The Morgan fingerprint density at radius 3 is 2.59 bits per heavy atom. The first-order valence-electron chi connectivity index (χ1n) is 7.03. The van der Waals surface area contributed by atoms with Gasteiger partial charge < -0.3 is 5.32 Å². The Kier molecular flexibility index (Phi) is 5.62. The van der Waals surface area contributed by atoms with E-state index in [1.54, 1.807) is 23.9 Å². The molecule has 2 aromatic carbocycles. The number of hydrogen-bond acceptors (Lipinski definition) is 3. The molecule has 22 heavy (non-hydrogen) atoms. The highest BCUT2D eigenvalue weighted by atomic mass is 32.2. The Hall–Kier alpha value is -2.25. The van der Waals surface area contributed by atoms with Crippen LogP contribution in [0.25, 0.3) is 0 Å². The summed E-state index contributed by atoms with van der Waals surface area (Å²) in [4.78, 5) is 12.0. The van der Waals surface area contributed by atoms with Crippen molar-refractivity contribution in [1.29, 1.82) is 5.26 Å². The van der Waals surface area contributed by atoms with Crippen LogP contribution in [-0.4, -0.2) is 11.7 Å². The molecule has 0 spiro atoms. The molecule has 0 heterocycles. The van der Waals surface area contributed by atoms with E-state index in [4.69, 9.17) is 5.26 Å². The molecule has 0 saturated heterocycles. The van der Waals surface area contributed by atoms with Crippen LogP contribution in [0.1, 0.15) is 22.3 Å². The highest BCUT2D eigenvalue weighted by Crippen LogP contribution is 2.19. The zero-order chi connectivity index (χ0) is 15.9. The predicted octanol–water partition coefficient (Wildman–Crippen LogP) is 4.05. The van der Waals surface area contributed by atoms with Crippen LogP contribution in [-0.2, 0) is 10.5 Å². The summed E-state index contributed by atoms with van der Waals surface area (Å²) in [5.41, 5.74) is 4.92. The van der Waals surface area contributed by atoms with E-state index in [0.717, 1.165) is 22.6 Å². The SMILES string of the molecule is Cc1cccc(NC(=O)CSCc2ccc(C#N)cc2)c1C. The van der Waals surface area contributed by atoms with Crippen LogP contribution in [0, 0.1) is 25.2 Å². The van der Waals surface area contributed by atoms with Crippen molar-refractivity contribution < 1.29 is 4.79 Å². The molecule has 0 saturated carbocycles. The number of nitrogens with one attached hydrogen (secondary N) is 1. The van der Waals surface area contributed by atoms with Gasteiger partial charge in [-0.3, -0.25) is 4.79 Å². The van der Waals surface area contributed by atoms with E-state index in [-0.39, 0.29) is 5.91 Å². The number of amides is 1. The van der Waals surface area contributed by atoms with Crippen molar-refractivity contribution in [3.8, 4) is 6.07 Å². The van der Waals surface area contributed by atoms with Crippen LogP contribution < -0.4 is 5.32 Å². The van der Waals surface area contributed by atoms with Gasteiger partial charge in [0.1, 0.15) is 0 Å².